The molecule has 0 spiro atoms. The second-order valence-corrected chi connectivity index (χ2v) is 13.9. The largest absolute Gasteiger partial charge is 0.862 e. The van der Waals surface area contributed by atoms with Gasteiger partial charge in [0.1, 0.15) is 31.1 Å². The van der Waals surface area contributed by atoms with Gasteiger partial charge in [-0.1, -0.05) is 48.7 Å². The average molecular weight is 728 g/mol. The van der Waals surface area contributed by atoms with E-state index in [-0.39, 0.29) is 18.2 Å². The van der Waals surface area contributed by atoms with Crippen molar-refractivity contribution in [2.75, 3.05) is 39.6 Å². The van der Waals surface area contributed by atoms with Gasteiger partial charge in [0.15, 0.2) is 11.3 Å². The standard InChI is InChI=1S/C43H42ClN5O4/c1-27-34(35-24-31(52-4)18-20-38(35)49(27)43(51)28-13-15-29(44)16-14-28)25-41(50)46-22-10-6-5-9-21-45-37-26-40-42(33-12-8-7-11-32(33)37)47-36-19-17-30(48(2)3)23-39(36)53-40/h7-8,11-20,23-24,26H,5-6,9-10,21-22,25H2,1-4H3,(H,46,50). The van der Waals surface area contributed by atoms with Gasteiger partial charge in [0.2, 0.25) is 5.36 Å². The molecule has 0 atom stereocenters. The zero-order valence-corrected chi connectivity index (χ0v) is 31.2. The summed E-state index contributed by atoms with van der Waals surface area (Å²) in [5.74, 6) is 1.01. The number of fused-ring (bicyclic) bond motifs is 5. The minimum atomic E-state index is -0.204. The summed E-state index contributed by atoms with van der Waals surface area (Å²) in [6.45, 7) is 3.13. The molecule has 1 N–H and O–H groups in total. The van der Waals surface area contributed by atoms with Crippen molar-refractivity contribution in [3.63, 3.8) is 0 Å². The van der Waals surface area contributed by atoms with E-state index in [1.807, 2.05) is 68.1 Å². The molecule has 1 aliphatic carbocycles. The van der Waals surface area contributed by atoms with Crippen LogP contribution in [0.15, 0.2) is 100 Å². The van der Waals surface area contributed by atoms with Gasteiger partial charge >= 0.3 is 0 Å². The molecule has 0 saturated carbocycles. The summed E-state index contributed by atoms with van der Waals surface area (Å²) < 4.78 is 15.6. The summed E-state index contributed by atoms with van der Waals surface area (Å²) in [4.78, 5) is 22.9. The van der Waals surface area contributed by atoms with E-state index in [9.17, 15) is 9.90 Å². The highest BCUT2D eigenvalue weighted by Gasteiger charge is 2.21. The summed E-state index contributed by atoms with van der Waals surface area (Å²) in [6, 6.07) is 28.8. The fourth-order valence-electron chi connectivity index (χ4n) is 6.89. The normalized spacial score (nSPS) is 11.9. The van der Waals surface area contributed by atoms with E-state index >= 15 is 0 Å². The molecule has 4 aromatic carbocycles. The first-order valence-corrected chi connectivity index (χ1v) is 18.3. The predicted octanol–water partition coefficient (Wildman–Crippen LogP) is 7.71. The monoisotopic (exact) mass is 727 g/mol. The van der Waals surface area contributed by atoms with Crippen LogP contribution in [0.2, 0.25) is 5.02 Å². The maximum Gasteiger partial charge on any atom is 0.262 e. The molecule has 10 heteroatoms. The highest BCUT2D eigenvalue weighted by molar-refractivity contribution is 6.30. The van der Waals surface area contributed by atoms with Crippen LogP contribution in [0.5, 0.6) is 5.75 Å². The molecule has 0 amide bonds. The van der Waals surface area contributed by atoms with E-state index in [1.165, 1.54) is 0 Å². The zero-order chi connectivity index (χ0) is 37.1. The molecule has 2 aliphatic rings. The number of nitrogens with zero attached hydrogens (tertiary/aromatic N) is 4. The molecular formula is C43H42ClN5O4. The summed E-state index contributed by atoms with van der Waals surface area (Å²) >= 11 is 6.06. The van der Waals surface area contributed by atoms with E-state index in [0.717, 1.165) is 93.1 Å². The molecule has 5 aromatic rings. The van der Waals surface area contributed by atoms with Gasteiger partial charge in [-0.15, -0.1) is 0 Å². The molecule has 270 valence electrons. The van der Waals surface area contributed by atoms with E-state index in [4.69, 9.17) is 25.7 Å². The number of carbonyl (C=O) groups is 1. The number of carbonyl (C=O) groups excluding carboxylic acids is 1. The van der Waals surface area contributed by atoms with Crippen LogP contribution < -0.4 is 25.1 Å². The lowest BCUT2D eigenvalue weighted by atomic mass is 10.1. The third-order valence-corrected chi connectivity index (χ3v) is 10.00. The summed E-state index contributed by atoms with van der Waals surface area (Å²) in [5, 5.41) is 21.3. The first-order valence-electron chi connectivity index (χ1n) is 17.9. The zero-order valence-electron chi connectivity index (χ0n) is 30.4. The van der Waals surface area contributed by atoms with Crippen LogP contribution in [0.1, 0.15) is 47.3 Å². The number of halogens is 1. The number of methoxy groups -OCH3 is 1. The Labute approximate surface area is 313 Å². The fourth-order valence-corrected chi connectivity index (χ4v) is 7.01. The topological polar surface area (TPSA) is 108 Å². The molecule has 0 unspecified atom stereocenters. The van der Waals surface area contributed by atoms with E-state index in [0.29, 0.717) is 28.6 Å². The Hall–Kier alpha value is -5.67. The number of aromatic nitrogens is 2. The quantitative estimate of drug-likeness (QED) is 0.0345. The van der Waals surface area contributed by atoms with Gasteiger partial charge in [-0.25, -0.2) is 9.56 Å². The number of aliphatic imine (C=N–C) groups is 1. The highest BCUT2D eigenvalue weighted by atomic mass is 35.5. The summed E-state index contributed by atoms with van der Waals surface area (Å²) in [5.41, 5.74) is 6.15. The predicted molar refractivity (Wildman–Crippen MR) is 213 cm³/mol. The Morgan fingerprint density at radius 2 is 1.72 bits per heavy atom. The van der Waals surface area contributed by atoms with Gasteiger partial charge in [0.05, 0.1) is 18.7 Å². The molecular weight excluding hydrogens is 686 g/mol. The van der Waals surface area contributed by atoms with Crippen LogP contribution >= 0.6 is 11.6 Å². The van der Waals surface area contributed by atoms with E-state index in [1.54, 1.807) is 35.9 Å². The lowest BCUT2D eigenvalue weighted by Crippen LogP contribution is -2.21. The highest BCUT2D eigenvalue weighted by Crippen LogP contribution is 2.34. The van der Waals surface area contributed by atoms with Gasteiger partial charge in [-0.3, -0.25) is 9.36 Å². The first-order chi connectivity index (χ1) is 25.7. The molecule has 0 bridgehead atoms. The summed E-state index contributed by atoms with van der Waals surface area (Å²) in [6.07, 6.45) is 3.86. The SMILES string of the molecule is COc1ccc2c(c1)c(CC([O-])=NCCCCCCNc1cc3oc4cc(=[N+](C)C)ccc-4nc3c3ccccc13)c(C)n2C(=O)c1ccc(Cl)cc1. The van der Waals surface area contributed by atoms with E-state index < -0.39 is 0 Å². The van der Waals surface area contributed by atoms with Gasteiger partial charge in [0.25, 0.3) is 5.91 Å². The van der Waals surface area contributed by atoms with Crippen molar-refractivity contribution in [3.8, 4) is 17.2 Å². The number of anilines is 1. The van der Waals surface area contributed by atoms with Crippen molar-refractivity contribution in [3.05, 3.63) is 118 Å². The number of hydrogen-bond donors (Lipinski definition) is 1. The number of benzene rings is 5. The van der Waals surface area contributed by atoms with Crippen molar-refractivity contribution in [2.24, 2.45) is 4.99 Å². The maximum absolute atomic E-state index is 13.6. The number of hydrogen-bond acceptors (Lipinski definition) is 7. The summed E-state index contributed by atoms with van der Waals surface area (Å²) in [7, 11) is 5.62. The van der Waals surface area contributed by atoms with Crippen molar-refractivity contribution in [2.45, 2.75) is 39.0 Å². The third kappa shape index (κ3) is 7.48. The van der Waals surface area contributed by atoms with Crippen LogP contribution in [0, 0.1) is 6.92 Å². The van der Waals surface area contributed by atoms with Crippen molar-refractivity contribution in [1.29, 1.82) is 0 Å². The number of ether oxygens (including phenoxy) is 1. The van der Waals surface area contributed by atoms with Crippen LogP contribution in [0.3, 0.4) is 0 Å². The van der Waals surface area contributed by atoms with Gasteiger partial charge in [-0.05, 0) is 79.8 Å². The molecule has 2 heterocycles. The average Bonchev–Trinajstić information content (AvgIpc) is 3.44. The molecule has 1 aromatic heterocycles. The second kappa shape index (κ2) is 15.5. The molecule has 0 saturated heterocycles. The lowest BCUT2D eigenvalue weighted by Gasteiger charge is -2.14. The van der Waals surface area contributed by atoms with Crippen LogP contribution in [-0.2, 0) is 6.42 Å². The Bertz CT molecular complexity index is 2530. The van der Waals surface area contributed by atoms with Crippen molar-refractivity contribution < 1.29 is 19.1 Å². The Balaban J connectivity index is 0.971. The Kier molecular flexibility index (Phi) is 10.5. The number of unbranched alkanes of at least 4 members (excludes halogenated alkanes) is 3. The van der Waals surface area contributed by atoms with Crippen LogP contribution in [0.4, 0.5) is 5.69 Å². The lowest BCUT2D eigenvalue weighted by molar-refractivity contribution is -0.218. The number of rotatable bonds is 12. The Morgan fingerprint density at radius 3 is 2.49 bits per heavy atom. The molecule has 0 fully saturated rings. The molecule has 53 heavy (non-hydrogen) atoms. The van der Waals surface area contributed by atoms with Crippen LogP contribution in [0.25, 0.3) is 44.2 Å². The van der Waals surface area contributed by atoms with Gasteiger partial charge in [0, 0.05) is 69.8 Å². The van der Waals surface area contributed by atoms with Crippen molar-refractivity contribution in [1.82, 2.24) is 14.1 Å². The number of nitrogens with one attached hydrogen (secondary N) is 1. The molecule has 9 nitrogen and oxygen atoms in total. The van der Waals surface area contributed by atoms with Gasteiger partial charge < -0.3 is 24.6 Å². The first kappa shape index (κ1) is 35.7. The third-order valence-electron chi connectivity index (χ3n) is 9.75. The fraction of sp³-hybridized carbons (Fsp3) is 0.256. The molecule has 0 radical (unpaired) electrons. The molecule has 7 rings (SSSR count). The smallest absolute Gasteiger partial charge is 0.262 e. The van der Waals surface area contributed by atoms with Crippen molar-refractivity contribution >= 4 is 61.9 Å². The Morgan fingerprint density at radius 1 is 0.943 bits per heavy atom. The van der Waals surface area contributed by atoms with Crippen LogP contribution in [-0.4, -0.2) is 55.7 Å². The minimum absolute atomic E-state index is 0.106. The van der Waals surface area contributed by atoms with Gasteiger partial charge in [-0.2, -0.15) is 0 Å². The molecule has 1 aliphatic heterocycles. The maximum atomic E-state index is 13.6. The second-order valence-electron chi connectivity index (χ2n) is 13.5. The van der Waals surface area contributed by atoms with E-state index in [2.05, 4.69) is 34.6 Å². The minimum Gasteiger partial charge on any atom is -0.862 e.